The van der Waals surface area contributed by atoms with Gasteiger partial charge in [-0.15, -0.1) is 107 Å². The largest absolute Gasteiger partial charge is 0.512 e. The molecule has 3 radical (unpaired) electrons. The molecule has 0 atom stereocenters. The van der Waals surface area contributed by atoms with Crippen LogP contribution in [-0.4, -0.2) is 25.8 Å². The summed E-state index contributed by atoms with van der Waals surface area (Å²) < 4.78 is 78.6. The van der Waals surface area contributed by atoms with Crippen molar-refractivity contribution in [1.82, 2.24) is 15.0 Å². The minimum absolute atomic E-state index is 0. The van der Waals surface area contributed by atoms with E-state index in [-0.39, 0.29) is 131 Å². The van der Waals surface area contributed by atoms with Gasteiger partial charge in [0.15, 0.2) is 5.78 Å². The minimum atomic E-state index is -0.395. The third-order valence-corrected chi connectivity index (χ3v) is 9.10. The molecule has 3 heterocycles. The van der Waals surface area contributed by atoms with Crippen molar-refractivity contribution in [2.24, 2.45) is 0 Å². The SMILES string of the molecule is CC(=O)C=C(C)O.Cc1cc(-c2[c-]cccc2)ncc1-c1ccccc1.[2H]c1c([2H])c([2H])c(-c2ccc(-c3[c-]c(C)cc(C)c3)nc2)c([2H])c1[2H].[2H]c1c([2H])c([2H])c(-c2ccnc(-c3[c-]cccc3)c2)c([2H])c1[2H].[Ir].[Ir].[Ir]. The van der Waals surface area contributed by atoms with Crippen LogP contribution in [0.4, 0.5) is 0 Å². The molecule has 0 fully saturated rings. The van der Waals surface area contributed by atoms with E-state index in [0.29, 0.717) is 16.8 Å². The second kappa shape index (κ2) is 28.9. The number of aromatic nitrogens is 3. The maximum atomic E-state index is 10.0. The van der Waals surface area contributed by atoms with Crippen LogP contribution in [0.15, 0.2) is 212 Å². The Morgan fingerprint density at radius 2 is 1.12 bits per heavy atom. The molecule has 67 heavy (non-hydrogen) atoms. The Bertz CT molecular complexity index is 3400. The molecule has 0 aliphatic heterocycles. The summed E-state index contributed by atoms with van der Waals surface area (Å²) in [5.41, 5.74) is 12.1. The van der Waals surface area contributed by atoms with E-state index in [0.717, 1.165) is 39.2 Å². The summed E-state index contributed by atoms with van der Waals surface area (Å²) in [4.78, 5) is 23.2. The van der Waals surface area contributed by atoms with Crippen molar-refractivity contribution < 1.29 is 83.9 Å². The summed E-state index contributed by atoms with van der Waals surface area (Å²) in [6, 6.07) is 45.1. The second-order valence-electron chi connectivity index (χ2n) is 14.3. The van der Waals surface area contributed by atoms with Gasteiger partial charge in [0, 0.05) is 90.5 Å². The Kier molecular flexibility index (Phi) is 17.7. The van der Waals surface area contributed by atoms with Gasteiger partial charge in [-0.3, -0.25) is 4.79 Å². The maximum Gasteiger partial charge on any atom is 0.155 e. The molecule has 5 nitrogen and oxygen atoms in total. The monoisotopic (exact) mass is 1420 g/mol. The Morgan fingerprint density at radius 1 is 0.552 bits per heavy atom. The smallest absolute Gasteiger partial charge is 0.155 e. The van der Waals surface area contributed by atoms with Crippen molar-refractivity contribution in [1.29, 1.82) is 0 Å². The van der Waals surface area contributed by atoms with Gasteiger partial charge in [0.1, 0.15) is 0 Å². The van der Waals surface area contributed by atoms with E-state index in [2.05, 4.69) is 58.3 Å². The molecule has 0 aliphatic carbocycles. The maximum absolute atomic E-state index is 10.0. The third-order valence-electron chi connectivity index (χ3n) is 9.10. The number of benzene rings is 6. The first-order chi connectivity index (χ1) is 35.3. The summed E-state index contributed by atoms with van der Waals surface area (Å²) in [7, 11) is 0. The molecule has 8 heteroatoms. The van der Waals surface area contributed by atoms with E-state index in [1.165, 1.54) is 42.8 Å². The summed E-state index contributed by atoms with van der Waals surface area (Å²) in [5, 5.41) is 8.36. The molecule has 0 aliphatic rings. The molecule has 0 spiro atoms. The average molecular weight is 1420 g/mol. The first-order valence-electron chi connectivity index (χ1n) is 25.2. The summed E-state index contributed by atoms with van der Waals surface area (Å²) in [5.74, 6) is -0.0625. The first-order valence-corrected chi connectivity index (χ1v) is 20.2. The van der Waals surface area contributed by atoms with E-state index in [4.69, 9.17) is 18.8 Å². The van der Waals surface area contributed by atoms with Gasteiger partial charge in [0.25, 0.3) is 0 Å². The molecule has 0 unspecified atom stereocenters. The van der Waals surface area contributed by atoms with Gasteiger partial charge in [-0.05, 0) is 77.3 Å². The molecule has 6 aromatic carbocycles. The van der Waals surface area contributed by atoms with Crippen LogP contribution in [0.5, 0.6) is 0 Å². The first kappa shape index (κ1) is 41.1. The number of aliphatic hydroxyl groups is 1. The van der Waals surface area contributed by atoms with Gasteiger partial charge in [0.2, 0.25) is 0 Å². The second-order valence-corrected chi connectivity index (χ2v) is 14.3. The average Bonchev–Trinajstić information content (AvgIpc) is 3.39. The predicted octanol–water partition coefficient (Wildman–Crippen LogP) is 14.6. The van der Waals surface area contributed by atoms with Gasteiger partial charge < -0.3 is 20.1 Å². The Hall–Kier alpha value is -6.07. The number of aliphatic hydroxyl groups excluding tert-OH is 1. The minimum Gasteiger partial charge on any atom is -0.512 e. The van der Waals surface area contributed by atoms with Crippen LogP contribution in [0.3, 0.4) is 0 Å². The Labute approximate surface area is 450 Å². The standard InChI is InChI=1S/C19H16N.C18H14N.C17H12N.C5H8O2.3Ir/c1-14-10-15(2)12-18(11-14)19-9-8-17(13-20-19)16-6-4-3-5-7-16;1-14-12-18(16-10-6-3-7-11-16)19-13-17(14)15-8-4-2-5-9-15;1-3-7-14(8-4-1)16-11-12-18-17(13-16)15-9-5-2-6-10-15;1-4(6)3-5(2)7;;;/h3-11,13H,1-2H3;2-10,12-13H,1H3;1-9,11-13H;3,6H,1-2H3;;;/q3*-1;;;;/i3D,4D,5D,6D,7D;;1D,3D,4D,7D,8D;;;;. The van der Waals surface area contributed by atoms with Gasteiger partial charge in [-0.25, -0.2) is 0 Å². The molecule has 343 valence electrons. The number of hydrogen-bond acceptors (Lipinski definition) is 5. The number of rotatable bonds is 7. The quantitative estimate of drug-likeness (QED) is 0.0978. The van der Waals surface area contributed by atoms with Crippen LogP contribution in [0.25, 0.3) is 67.2 Å². The molecule has 1 N–H and O–H groups in total. The number of aryl methyl sites for hydroxylation is 3. The predicted molar refractivity (Wildman–Crippen MR) is 263 cm³/mol. The fraction of sp³-hybridized carbons (Fsp3) is 0.0847. The molecular weight excluding hydrogens is 1360 g/mol. The molecule has 9 rings (SSSR count). The zero-order valence-corrected chi connectivity index (χ0v) is 44.2. The number of pyridine rings is 3. The van der Waals surface area contributed by atoms with Crippen molar-refractivity contribution in [3.8, 4) is 67.2 Å². The van der Waals surface area contributed by atoms with Crippen LogP contribution in [0.2, 0.25) is 0 Å². The summed E-state index contributed by atoms with van der Waals surface area (Å²) in [6.07, 6.45) is 6.21. The normalized spacial score (nSPS) is 12.1. The zero-order chi connectivity index (χ0) is 53.8. The van der Waals surface area contributed by atoms with E-state index in [1.54, 1.807) is 36.5 Å². The van der Waals surface area contributed by atoms with Crippen molar-refractivity contribution >= 4 is 5.78 Å². The fourth-order valence-electron chi connectivity index (χ4n) is 6.28. The van der Waals surface area contributed by atoms with Crippen LogP contribution in [-0.2, 0) is 65.1 Å². The number of ketones is 1. The van der Waals surface area contributed by atoms with Crippen LogP contribution < -0.4 is 0 Å². The Morgan fingerprint density at radius 3 is 1.61 bits per heavy atom. The van der Waals surface area contributed by atoms with Crippen LogP contribution >= 0.6 is 0 Å². The van der Waals surface area contributed by atoms with Crippen molar-refractivity contribution in [3.63, 3.8) is 0 Å². The van der Waals surface area contributed by atoms with Crippen LogP contribution in [0.1, 0.15) is 44.2 Å². The molecule has 3 aromatic heterocycles. The zero-order valence-electron chi connectivity index (χ0n) is 47.1. The topological polar surface area (TPSA) is 76.0 Å². The van der Waals surface area contributed by atoms with Gasteiger partial charge in [-0.2, -0.15) is 0 Å². The Balaban J connectivity index is 0.000000282. The molecule has 0 saturated carbocycles. The fourth-order valence-corrected chi connectivity index (χ4v) is 6.28. The summed E-state index contributed by atoms with van der Waals surface area (Å²) in [6.45, 7) is 8.94. The van der Waals surface area contributed by atoms with Crippen molar-refractivity contribution in [2.75, 3.05) is 0 Å². The van der Waals surface area contributed by atoms with E-state index >= 15 is 0 Å². The van der Waals surface area contributed by atoms with Crippen molar-refractivity contribution in [2.45, 2.75) is 34.6 Å². The molecule has 0 bridgehead atoms. The number of carbonyl (C=O) groups is 1. The van der Waals surface area contributed by atoms with Gasteiger partial charge in [0.05, 0.1) is 19.5 Å². The van der Waals surface area contributed by atoms with Crippen LogP contribution in [0, 0.1) is 39.0 Å². The number of carbonyl (C=O) groups excluding carboxylic acids is 1. The van der Waals surface area contributed by atoms with Gasteiger partial charge >= 0.3 is 0 Å². The number of allylic oxidation sites excluding steroid dienone is 2. The van der Waals surface area contributed by atoms with E-state index in [1.807, 2.05) is 92.8 Å². The van der Waals surface area contributed by atoms with E-state index < -0.39 is 12.1 Å². The molecular formula is C59H50Ir3N3O2-3. The van der Waals surface area contributed by atoms with Gasteiger partial charge in [-0.1, -0.05) is 129 Å². The molecule has 9 aromatic rings. The third kappa shape index (κ3) is 17.6. The van der Waals surface area contributed by atoms with E-state index in [9.17, 15) is 4.79 Å². The molecule has 0 saturated heterocycles. The molecule has 0 amide bonds. The number of hydrogen-bond donors (Lipinski definition) is 1. The summed E-state index contributed by atoms with van der Waals surface area (Å²) >= 11 is 0. The van der Waals surface area contributed by atoms with Crippen molar-refractivity contribution in [3.05, 3.63) is 247 Å². The number of nitrogens with zero attached hydrogens (tertiary/aromatic N) is 3.